The van der Waals surface area contributed by atoms with Crippen LogP contribution in [0.15, 0.2) is 96.9 Å². The maximum Gasteiger partial charge on any atom is 0.248 e. The van der Waals surface area contributed by atoms with Gasteiger partial charge in [-0.2, -0.15) is 0 Å². The van der Waals surface area contributed by atoms with Crippen LogP contribution in [0.5, 0.6) is 0 Å². The third-order valence-electron chi connectivity index (χ3n) is 5.35. The van der Waals surface area contributed by atoms with Gasteiger partial charge in [-0.3, -0.25) is 14.3 Å². The zero-order chi connectivity index (χ0) is 21.9. The number of primary amides is 1. The SMILES string of the molecule is NC(=O)c1ccc(-c2ccc(-c3ccccn3)n2C2=C(Cc3ccccc3)OCO2)cc1. The Kier molecular flexibility index (Phi) is 5.17. The summed E-state index contributed by atoms with van der Waals surface area (Å²) in [6.45, 7) is 0.150. The highest BCUT2D eigenvalue weighted by atomic mass is 16.7. The molecule has 0 unspecified atom stereocenters. The molecule has 0 bridgehead atoms. The summed E-state index contributed by atoms with van der Waals surface area (Å²) >= 11 is 0. The number of carbonyl (C=O) groups excluding carboxylic acids is 1. The number of rotatable bonds is 6. The van der Waals surface area contributed by atoms with E-state index in [0.717, 1.165) is 34.0 Å². The zero-order valence-corrected chi connectivity index (χ0v) is 17.3. The number of ether oxygens (including phenoxy) is 2. The van der Waals surface area contributed by atoms with Crippen LogP contribution in [0.4, 0.5) is 0 Å². The highest BCUT2D eigenvalue weighted by Gasteiger charge is 2.25. The molecule has 0 spiro atoms. The van der Waals surface area contributed by atoms with E-state index in [4.69, 9.17) is 15.2 Å². The van der Waals surface area contributed by atoms with Crippen LogP contribution in [-0.4, -0.2) is 22.3 Å². The highest BCUT2D eigenvalue weighted by molar-refractivity contribution is 5.93. The summed E-state index contributed by atoms with van der Waals surface area (Å²) in [5.74, 6) is 0.926. The molecular weight excluding hydrogens is 402 g/mol. The molecule has 3 heterocycles. The molecule has 1 aliphatic rings. The van der Waals surface area contributed by atoms with Crippen LogP contribution in [0.2, 0.25) is 0 Å². The Morgan fingerprint density at radius 2 is 1.62 bits per heavy atom. The predicted molar refractivity (Wildman–Crippen MR) is 122 cm³/mol. The number of pyridine rings is 1. The number of nitrogens with zero attached hydrogens (tertiary/aromatic N) is 2. The van der Waals surface area contributed by atoms with Crippen molar-refractivity contribution in [3.8, 4) is 22.6 Å². The summed E-state index contributed by atoms with van der Waals surface area (Å²) < 4.78 is 13.9. The number of allylic oxidation sites excluding steroid dienone is 1. The van der Waals surface area contributed by atoms with Crippen molar-refractivity contribution >= 4 is 11.8 Å². The number of amides is 1. The molecule has 0 aliphatic carbocycles. The van der Waals surface area contributed by atoms with E-state index in [1.54, 1.807) is 18.3 Å². The van der Waals surface area contributed by atoms with E-state index in [-0.39, 0.29) is 6.79 Å². The van der Waals surface area contributed by atoms with E-state index in [1.807, 2.05) is 65.2 Å². The quantitative estimate of drug-likeness (QED) is 0.488. The Morgan fingerprint density at radius 1 is 0.875 bits per heavy atom. The first kappa shape index (κ1) is 19.6. The van der Waals surface area contributed by atoms with E-state index >= 15 is 0 Å². The smallest absolute Gasteiger partial charge is 0.248 e. The Bertz CT molecular complexity index is 1280. The molecule has 1 aliphatic heterocycles. The lowest BCUT2D eigenvalue weighted by Gasteiger charge is -2.14. The number of benzene rings is 2. The van der Waals surface area contributed by atoms with Crippen LogP contribution in [-0.2, 0) is 15.9 Å². The van der Waals surface area contributed by atoms with Crippen molar-refractivity contribution in [3.63, 3.8) is 0 Å². The minimum Gasteiger partial charge on any atom is -0.456 e. The standard InChI is InChI=1S/C26H21N3O3/c27-25(30)20-11-9-19(10-12-20)22-13-14-23(21-8-4-5-15-28-21)29(22)26-24(31-17-32-26)16-18-6-2-1-3-7-18/h1-15H,16-17H2,(H2,27,30). The molecule has 4 aromatic rings. The van der Waals surface area contributed by atoms with Gasteiger partial charge in [-0.05, 0) is 47.5 Å². The average molecular weight is 423 g/mol. The molecule has 2 aromatic heterocycles. The molecule has 0 fully saturated rings. The van der Waals surface area contributed by atoms with Gasteiger partial charge in [0.25, 0.3) is 0 Å². The number of nitrogens with two attached hydrogens (primary N) is 1. The molecule has 6 nitrogen and oxygen atoms in total. The van der Waals surface area contributed by atoms with Crippen LogP contribution in [0, 0.1) is 0 Å². The number of carbonyl (C=O) groups is 1. The third kappa shape index (κ3) is 3.74. The fourth-order valence-electron chi connectivity index (χ4n) is 3.80. The number of aromatic nitrogens is 2. The van der Waals surface area contributed by atoms with Crippen molar-refractivity contribution in [1.29, 1.82) is 0 Å². The maximum absolute atomic E-state index is 11.5. The monoisotopic (exact) mass is 423 g/mol. The fraction of sp³-hybridized carbons (Fsp3) is 0.0769. The Morgan fingerprint density at radius 3 is 2.34 bits per heavy atom. The van der Waals surface area contributed by atoms with Crippen molar-refractivity contribution in [3.05, 3.63) is 108 Å². The lowest BCUT2D eigenvalue weighted by atomic mass is 10.1. The van der Waals surface area contributed by atoms with E-state index < -0.39 is 5.91 Å². The zero-order valence-electron chi connectivity index (χ0n) is 17.3. The van der Waals surface area contributed by atoms with E-state index in [2.05, 4.69) is 17.1 Å². The molecule has 2 N–H and O–H groups in total. The van der Waals surface area contributed by atoms with Gasteiger partial charge in [0.2, 0.25) is 18.6 Å². The van der Waals surface area contributed by atoms with Gasteiger partial charge in [0.15, 0.2) is 5.76 Å². The summed E-state index contributed by atoms with van der Waals surface area (Å²) in [5.41, 5.74) is 10.5. The van der Waals surface area contributed by atoms with Crippen LogP contribution >= 0.6 is 0 Å². The summed E-state index contributed by atoms with van der Waals surface area (Å²) in [4.78, 5) is 16.0. The van der Waals surface area contributed by atoms with Crippen molar-refractivity contribution in [2.75, 3.05) is 6.79 Å². The van der Waals surface area contributed by atoms with Crippen molar-refractivity contribution in [2.45, 2.75) is 6.42 Å². The second-order valence-corrected chi connectivity index (χ2v) is 7.39. The van der Waals surface area contributed by atoms with Crippen LogP contribution < -0.4 is 5.73 Å². The normalized spacial score (nSPS) is 13.0. The van der Waals surface area contributed by atoms with Gasteiger partial charge < -0.3 is 15.2 Å². The minimum absolute atomic E-state index is 0.150. The molecule has 0 saturated carbocycles. The number of hydrogen-bond acceptors (Lipinski definition) is 4. The summed E-state index contributed by atoms with van der Waals surface area (Å²) in [7, 11) is 0. The van der Waals surface area contributed by atoms with E-state index in [9.17, 15) is 4.79 Å². The molecule has 32 heavy (non-hydrogen) atoms. The predicted octanol–water partition coefficient (Wildman–Crippen LogP) is 4.69. The largest absolute Gasteiger partial charge is 0.456 e. The fourth-order valence-corrected chi connectivity index (χ4v) is 3.80. The van der Waals surface area contributed by atoms with Crippen LogP contribution in [0.25, 0.3) is 28.5 Å². The topological polar surface area (TPSA) is 79.4 Å². The first-order valence-electron chi connectivity index (χ1n) is 10.3. The average Bonchev–Trinajstić information content (AvgIpc) is 3.47. The van der Waals surface area contributed by atoms with Gasteiger partial charge in [0, 0.05) is 18.2 Å². The maximum atomic E-state index is 11.5. The second kappa shape index (κ2) is 8.43. The summed E-state index contributed by atoms with van der Waals surface area (Å²) in [5, 5.41) is 0. The van der Waals surface area contributed by atoms with Crippen molar-refractivity contribution in [2.24, 2.45) is 5.73 Å². The van der Waals surface area contributed by atoms with Crippen LogP contribution in [0.1, 0.15) is 15.9 Å². The van der Waals surface area contributed by atoms with Gasteiger partial charge >= 0.3 is 0 Å². The molecule has 158 valence electrons. The molecule has 2 aromatic carbocycles. The molecule has 5 rings (SSSR count). The summed E-state index contributed by atoms with van der Waals surface area (Å²) in [6, 6.07) is 27.1. The van der Waals surface area contributed by atoms with Gasteiger partial charge in [-0.15, -0.1) is 0 Å². The Balaban J connectivity index is 1.66. The van der Waals surface area contributed by atoms with Gasteiger partial charge in [-0.1, -0.05) is 48.5 Å². The molecule has 6 heteroatoms. The lowest BCUT2D eigenvalue weighted by molar-refractivity contribution is 0.0825. The number of hydrogen-bond donors (Lipinski definition) is 1. The third-order valence-corrected chi connectivity index (χ3v) is 5.35. The molecule has 0 atom stereocenters. The minimum atomic E-state index is -0.457. The lowest BCUT2D eigenvalue weighted by Crippen LogP contribution is -2.10. The van der Waals surface area contributed by atoms with E-state index in [1.165, 1.54) is 0 Å². The highest BCUT2D eigenvalue weighted by Crippen LogP contribution is 2.35. The second-order valence-electron chi connectivity index (χ2n) is 7.39. The van der Waals surface area contributed by atoms with Gasteiger partial charge in [0.05, 0.1) is 17.1 Å². The first-order valence-corrected chi connectivity index (χ1v) is 10.3. The van der Waals surface area contributed by atoms with Gasteiger partial charge in [0.1, 0.15) is 0 Å². The van der Waals surface area contributed by atoms with Crippen LogP contribution in [0.3, 0.4) is 0 Å². The molecular formula is C26H21N3O3. The van der Waals surface area contributed by atoms with Gasteiger partial charge in [-0.25, -0.2) is 0 Å². The molecule has 0 radical (unpaired) electrons. The Hall–Kier alpha value is -4.32. The Labute approximate surface area is 185 Å². The molecule has 0 saturated heterocycles. The van der Waals surface area contributed by atoms with E-state index in [0.29, 0.717) is 17.9 Å². The van der Waals surface area contributed by atoms with Crippen molar-refractivity contribution < 1.29 is 14.3 Å². The summed E-state index contributed by atoms with van der Waals surface area (Å²) in [6.07, 6.45) is 2.37. The molecule has 1 amide bonds. The first-order chi connectivity index (χ1) is 15.7. The van der Waals surface area contributed by atoms with Crippen molar-refractivity contribution in [1.82, 2.24) is 9.55 Å².